The second-order valence-electron chi connectivity index (χ2n) is 3.47. The number of phenolic OH excluding ortho intramolecular Hbond substituents is 1. The SMILES string of the molecule is CNCc1c(O)ccc2c1OCCCO2. The zero-order valence-corrected chi connectivity index (χ0v) is 8.75. The van der Waals surface area contributed by atoms with Crippen molar-refractivity contribution >= 4 is 0 Å². The van der Waals surface area contributed by atoms with Crippen LogP contribution >= 0.6 is 0 Å². The van der Waals surface area contributed by atoms with Crippen LogP contribution in [0.1, 0.15) is 12.0 Å². The maximum atomic E-state index is 9.71. The third-order valence-corrected chi connectivity index (χ3v) is 2.35. The number of hydrogen-bond donors (Lipinski definition) is 2. The van der Waals surface area contributed by atoms with Crippen LogP contribution in [0.5, 0.6) is 17.2 Å². The van der Waals surface area contributed by atoms with E-state index in [1.165, 1.54) is 0 Å². The Balaban J connectivity index is 2.42. The maximum Gasteiger partial charge on any atom is 0.169 e. The molecule has 0 spiro atoms. The predicted octanol–water partition coefficient (Wildman–Crippen LogP) is 1.27. The first-order valence-corrected chi connectivity index (χ1v) is 5.08. The van der Waals surface area contributed by atoms with Crippen LogP contribution in [-0.4, -0.2) is 25.4 Å². The van der Waals surface area contributed by atoms with Gasteiger partial charge in [0.25, 0.3) is 0 Å². The van der Waals surface area contributed by atoms with Gasteiger partial charge in [-0.15, -0.1) is 0 Å². The van der Waals surface area contributed by atoms with Gasteiger partial charge in [0.05, 0.1) is 18.8 Å². The highest BCUT2D eigenvalue weighted by atomic mass is 16.5. The Bertz CT molecular complexity index is 352. The molecule has 1 heterocycles. The van der Waals surface area contributed by atoms with E-state index in [9.17, 15) is 5.11 Å². The summed E-state index contributed by atoms with van der Waals surface area (Å²) in [6.07, 6.45) is 0.869. The van der Waals surface area contributed by atoms with Crippen LogP contribution in [0, 0.1) is 0 Å². The highest BCUT2D eigenvalue weighted by Crippen LogP contribution is 2.38. The molecule has 1 aliphatic heterocycles. The van der Waals surface area contributed by atoms with Gasteiger partial charge in [-0.05, 0) is 19.2 Å². The Labute approximate surface area is 88.8 Å². The van der Waals surface area contributed by atoms with Gasteiger partial charge in [-0.3, -0.25) is 0 Å². The molecule has 0 fully saturated rings. The van der Waals surface area contributed by atoms with Crippen molar-refractivity contribution in [2.45, 2.75) is 13.0 Å². The van der Waals surface area contributed by atoms with Crippen LogP contribution in [0.4, 0.5) is 0 Å². The van der Waals surface area contributed by atoms with E-state index >= 15 is 0 Å². The first-order chi connectivity index (χ1) is 7.33. The first-order valence-electron chi connectivity index (χ1n) is 5.08. The summed E-state index contributed by atoms with van der Waals surface area (Å²) in [7, 11) is 1.83. The van der Waals surface area contributed by atoms with E-state index in [4.69, 9.17) is 9.47 Å². The molecule has 1 aliphatic rings. The van der Waals surface area contributed by atoms with Gasteiger partial charge in [0.15, 0.2) is 11.5 Å². The molecule has 1 aromatic carbocycles. The number of aromatic hydroxyl groups is 1. The average molecular weight is 209 g/mol. The smallest absolute Gasteiger partial charge is 0.169 e. The van der Waals surface area contributed by atoms with Crippen molar-refractivity contribution in [3.63, 3.8) is 0 Å². The number of rotatable bonds is 2. The molecule has 0 amide bonds. The van der Waals surface area contributed by atoms with Crippen LogP contribution in [0.15, 0.2) is 12.1 Å². The molecule has 2 rings (SSSR count). The molecular weight excluding hydrogens is 194 g/mol. The Morgan fingerprint density at radius 1 is 1.33 bits per heavy atom. The lowest BCUT2D eigenvalue weighted by Crippen LogP contribution is -2.08. The minimum atomic E-state index is 0.244. The third-order valence-electron chi connectivity index (χ3n) is 2.35. The van der Waals surface area contributed by atoms with Gasteiger partial charge in [0, 0.05) is 13.0 Å². The molecule has 0 aromatic heterocycles. The van der Waals surface area contributed by atoms with E-state index in [-0.39, 0.29) is 5.75 Å². The number of ether oxygens (including phenoxy) is 2. The molecule has 4 nitrogen and oxygen atoms in total. The fraction of sp³-hybridized carbons (Fsp3) is 0.455. The van der Waals surface area contributed by atoms with Crippen LogP contribution < -0.4 is 14.8 Å². The third kappa shape index (κ3) is 1.99. The number of nitrogens with one attached hydrogen (secondary N) is 1. The van der Waals surface area contributed by atoms with Crippen molar-refractivity contribution in [3.05, 3.63) is 17.7 Å². The van der Waals surface area contributed by atoms with E-state index in [1.807, 2.05) is 7.05 Å². The average Bonchev–Trinajstić information content (AvgIpc) is 2.47. The molecule has 15 heavy (non-hydrogen) atoms. The number of hydrogen-bond acceptors (Lipinski definition) is 4. The van der Waals surface area contributed by atoms with Crippen LogP contribution in [0.2, 0.25) is 0 Å². The number of fused-ring (bicyclic) bond motifs is 1. The Morgan fingerprint density at radius 2 is 2.13 bits per heavy atom. The lowest BCUT2D eigenvalue weighted by Gasteiger charge is -2.13. The van der Waals surface area contributed by atoms with E-state index in [0.717, 1.165) is 17.7 Å². The zero-order chi connectivity index (χ0) is 10.7. The topological polar surface area (TPSA) is 50.7 Å². The van der Waals surface area contributed by atoms with Crippen molar-refractivity contribution in [1.29, 1.82) is 0 Å². The molecule has 0 atom stereocenters. The van der Waals surface area contributed by atoms with E-state index in [2.05, 4.69) is 5.32 Å². The van der Waals surface area contributed by atoms with Gasteiger partial charge in [-0.1, -0.05) is 0 Å². The fourth-order valence-corrected chi connectivity index (χ4v) is 1.63. The monoisotopic (exact) mass is 209 g/mol. The summed E-state index contributed by atoms with van der Waals surface area (Å²) in [5.74, 6) is 1.63. The van der Waals surface area contributed by atoms with Gasteiger partial charge in [0.2, 0.25) is 0 Å². The largest absolute Gasteiger partial charge is 0.507 e. The lowest BCUT2D eigenvalue weighted by atomic mass is 10.1. The quantitative estimate of drug-likeness (QED) is 0.770. The Kier molecular flexibility index (Phi) is 2.97. The summed E-state index contributed by atoms with van der Waals surface area (Å²) in [5, 5.41) is 12.7. The van der Waals surface area contributed by atoms with Crippen molar-refractivity contribution in [1.82, 2.24) is 5.32 Å². The van der Waals surface area contributed by atoms with Crippen molar-refractivity contribution < 1.29 is 14.6 Å². The molecule has 4 heteroatoms. The molecule has 0 bridgehead atoms. The molecular formula is C11H15NO3. The number of phenols is 1. The standard InChI is InChI=1S/C11H15NO3/c1-12-7-8-9(13)3-4-10-11(8)15-6-2-5-14-10/h3-4,12-13H,2,5-7H2,1H3. The zero-order valence-electron chi connectivity index (χ0n) is 8.75. The lowest BCUT2D eigenvalue weighted by molar-refractivity contribution is 0.295. The van der Waals surface area contributed by atoms with Gasteiger partial charge in [-0.25, -0.2) is 0 Å². The van der Waals surface area contributed by atoms with Crippen molar-refractivity contribution in [3.8, 4) is 17.2 Å². The Hall–Kier alpha value is -1.42. The van der Waals surface area contributed by atoms with E-state index in [0.29, 0.717) is 25.5 Å². The summed E-state index contributed by atoms with van der Waals surface area (Å²) in [6, 6.07) is 3.38. The van der Waals surface area contributed by atoms with Crippen molar-refractivity contribution in [2.75, 3.05) is 20.3 Å². The molecule has 0 aliphatic carbocycles. The number of benzene rings is 1. The minimum Gasteiger partial charge on any atom is -0.507 e. The summed E-state index contributed by atoms with van der Waals surface area (Å²) in [4.78, 5) is 0. The molecule has 0 unspecified atom stereocenters. The maximum absolute atomic E-state index is 9.71. The first kappa shape index (κ1) is 10.1. The van der Waals surface area contributed by atoms with Crippen LogP contribution in [0.3, 0.4) is 0 Å². The molecule has 0 saturated carbocycles. The molecule has 0 saturated heterocycles. The molecule has 82 valence electrons. The fourth-order valence-electron chi connectivity index (χ4n) is 1.63. The van der Waals surface area contributed by atoms with Gasteiger partial charge in [-0.2, -0.15) is 0 Å². The second kappa shape index (κ2) is 4.40. The molecule has 1 aromatic rings. The van der Waals surface area contributed by atoms with E-state index in [1.54, 1.807) is 12.1 Å². The van der Waals surface area contributed by atoms with Crippen molar-refractivity contribution in [2.24, 2.45) is 0 Å². The van der Waals surface area contributed by atoms with Crippen LogP contribution in [0.25, 0.3) is 0 Å². The van der Waals surface area contributed by atoms with Gasteiger partial charge < -0.3 is 19.9 Å². The highest BCUT2D eigenvalue weighted by Gasteiger charge is 2.17. The second-order valence-corrected chi connectivity index (χ2v) is 3.47. The Morgan fingerprint density at radius 3 is 2.93 bits per heavy atom. The predicted molar refractivity (Wildman–Crippen MR) is 56.5 cm³/mol. The van der Waals surface area contributed by atoms with E-state index < -0.39 is 0 Å². The minimum absolute atomic E-state index is 0.244. The summed E-state index contributed by atoms with van der Waals surface area (Å²) < 4.78 is 11.1. The van der Waals surface area contributed by atoms with Gasteiger partial charge in [0.1, 0.15) is 5.75 Å². The molecule has 2 N–H and O–H groups in total. The normalized spacial score (nSPS) is 14.7. The highest BCUT2D eigenvalue weighted by molar-refractivity contribution is 5.53. The van der Waals surface area contributed by atoms with Crippen LogP contribution in [-0.2, 0) is 6.54 Å². The summed E-state index contributed by atoms with van der Waals surface area (Å²) >= 11 is 0. The summed E-state index contributed by atoms with van der Waals surface area (Å²) in [5.41, 5.74) is 0.761. The summed E-state index contributed by atoms with van der Waals surface area (Å²) in [6.45, 7) is 1.86. The molecule has 0 radical (unpaired) electrons. The van der Waals surface area contributed by atoms with Gasteiger partial charge >= 0.3 is 0 Å².